The normalized spacial score (nSPS) is 10.2. The van der Waals surface area contributed by atoms with Crippen LogP contribution >= 0.6 is 39.1 Å². The fourth-order valence-electron chi connectivity index (χ4n) is 2.20. The zero-order valence-corrected chi connectivity index (χ0v) is 17.2. The van der Waals surface area contributed by atoms with Crippen molar-refractivity contribution in [1.82, 2.24) is 10.3 Å². The molecule has 0 fully saturated rings. The van der Waals surface area contributed by atoms with Crippen LogP contribution in [-0.2, 0) is 0 Å². The molecule has 0 radical (unpaired) electrons. The van der Waals surface area contributed by atoms with Crippen LogP contribution in [0.5, 0.6) is 11.6 Å². The molecule has 3 amide bonds. The van der Waals surface area contributed by atoms with Crippen LogP contribution in [0.25, 0.3) is 0 Å². The van der Waals surface area contributed by atoms with Crippen molar-refractivity contribution < 1.29 is 14.3 Å². The van der Waals surface area contributed by atoms with Crippen LogP contribution in [-0.4, -0.2) is 16.9 Å². The molecule has 0 aliphatic carbocycles. The van der Waals surface area contributed by atoms with Crippen LogP contribution in [0, 0.1) is 0 Å². The van der Waals surface area contributed by atoms with Gasteiger partial charge in [0.2, 0.25) is 5.88 Å². The highest BCUT2D eigenvalue weighted by Gasteiger charge is 2.17. The van der Waals surface area contributed by atoms with Crippen LogP contribution in [0.4, 0.5) is 10.5 Å². The highest BCUT2D eigenvalue weighted by molar-refractivity contribution is 9.10. The number of urea groups is 1. The van der Waals surface area contributed by atoms with Gasteiger partial charge in [-0.3, -0.25) is 10.1 Å². The van der Waals surface area contributed by atoms with Crippen molar-refractivity contribution >= 4 is 56.8 Å². The van der Waals surface area contributed by atoms with Gasteiger partial charge < -0.3 is 10.1 Å². The van der Waals surface area contributed by atoms with E-state index in [9.17, 15) is 9.59 Å². The molecule has 6 nitrogen and oxygen atoms in total. The summed E-state index contributed by atoms with van der Waals surface area (Å²) in [6.45, 7) is 0. The largest absolute Gasteiger partial charge is 0.438 e. The summed E-state index contributed by atoms with van der Waals surface area (Å²) in [5.41, 5.74) is 0.395. The van der Waals surface area contributed by atoms with Crippen molar-refractivity contribution in [2.24, 2.45) is 0 Å². The molecular formula is C19H12BrCl2N3O3. The van der Waals surface area contributed by atoms with Crippen molar-refractivity contribution in [3.8, 4) is 11.6 Å². The van der Waals surface area contributed by atoms with Gasteiger partial charge in [-0.1, -0.05) is 41.4 Å². The Morgan fingerprint density at radius 3 is 2.32 bits per heavy atom. The molecule has 142 valence electrons. The van der Waals surface area contributed by atoms with Crippen LogP contribution < -0.4 is 15.4 Å². The molecule has 2 aromatic carbocycles. The summed E-state index contributed by atoms with van der Waals surface area (Å²) in [5, 5.41) is 4.96. The van der Waals surface area contributed by atoms with E-state index in [1.54, 1.807) is 24.3 Å². The van der Waals surface area contributed by atoms with Crippen molar-refractivity contribution in [1.29, 1.82) is 0 Å². The molecule has 0 saturated carbocycles. The second-order valence-corrected chi connectivity index (χ2v) is 7.09. The summed E-state index contributed by atoms with van der Waals surface area (Å²) in [7, 11) is 0. The number of pyridine rings is 1. The first-order valence-electron chi connectivity index (χ1n) is 7.89. The Balaban J connectivity index is 1.61. The van der Waals surface area contributed by atoms with Gasteiger partial charge in [-0.2, -0.15) is 0 Å². The van der Waals surface area contributed by atoms with E-state index in [1.165, 1.54) is 18.3 Å². The molecule has 0 spiro atoms. The van der Waals surface area contributed by atoms with Gasteiger partial charge in [0.25, 0.3) is 5.91 Å². The van der Waals surface area contributed by atoms with E-state index in [4.69, 9.17) is 27.9 Å². The molecule has 3 rings (SSSR count). The number of nitrogens with zero attached hydrogens (tertiary/aromatic N) is 1. The van der Waals surface area contributed by atoms with Crippen molar-refractivity contribution in [3.63, 3.8) is 0 Å². The van der Waals surface area contributed by atoms with Gasteiger partial charge in [0, 0.05) is 6.07 Å². The second kappa shape index (κ2) is 9.05. The minimum Gasteiger partial charge on any atom is -0.438 e. The lowest BCUT2D eigenvalue weighted by molar-refractivity contribution is 0.0967. The summed E-state index contributed by atoms with van der Waals surface area (Å²) in [5.74, 6) is 0.238. The third-order valence-electron chi connectivity index (χ3n) is 3.46. The minimum atomic E-state index is -0.748. The predicted octanol–water partition coefficient (Wildman–Crippen LogP) is 5.91. The number of nitrogens with one attached hydrogen (secondary N) is 2. The van der Waals surface area contributed by atoms with E-state index in [0.717, 1.165) is 4.47 Å². The first-order valence-corrected chi connectivity index (χ1v) is 9.43. The number of carbonyl (C=O) groups is 2. The lowest BCUT2D eigenvalue weighted by atomic mass is 10.2. The van der Waals surface area contributed by atoms with E-state index < -0.39 is 11.9 Å². The number of imide groups is 1. The molecule has 0 aliphatic heterocycles. The average molecular weight is 481 g/mol. The molecule has 28 heavy (non-hydrogen) atoms. The van der Waals surface area contributed by atoms with E-state index in [-0.39, 0.29) is 15.6 Å². The van der Waals surface area contributed by atoms with Crippen LogP contribution in [0.15, 0.2) is 65.3 Å². The molecule has 2 N–H and O–H groups in total. The Hall–Kier alpha value is -2.61. The third kappa shape index (κ3) is 5.01. The lowest BCUT2D eigenvalue weighted by Crippen LogP contribution is -2.34. The SMILES string of the molecule is O=C(NC(=O)c1c(Cl)cccc1Cl)Nc1ccc(Oc2ccccc2Br)nc1. The van der Waals surface area contributed by atoms with Crippen LogP contribution in [0.2, 0.25) is 10.0 Å². The van der Waals surface area contributed by atoms with E-state index in [2.05, 4.69) is 31.5 Å². The minimum absolute atomic E-state index is 0.0243. The summed E-state index contributed by atoms with van der Waals surface area (Å²) < 4.78 is 6.44. The molecule has 0 unspecified atom stereocenters. The van der Waals surface area contributed by atoms with E-state index >= 15 is 0 Å². The lowest BCUT2D eigenvalue weighted by Gasteiger charge is -2.10. The maximum Gasteiger partial charge on any atom is 0.326 e. The number of rotatable bonds is 4. The van der Waals surface area contributed by atoms with Crippen molar-refractivity contribution in [2.75, 3.05) is 5.32 Å². The van der Waals surface area contributed by atoms with Gasteiger partial charge in [0.15, 0.2) is 0 Å². The van der Waals surface area contributed by atoms with Crippen LogP contribution in [0.3, 0.4) is 0 Å². The third-order valence-corrected chi connectivity index (χ3v) is 4.75. The quantitative estimate of drug-likeness (QED) is 0.486. The first-order chi connectivity index (χ1) is 13.4. The van der Waals surface area contributed by atoms with E-state index in [0.29, 0.717) is 17.3 Å². The highest BCUT2D eigenvalue weighted by Crippen LogP contribution is 2.28. The molecule has 3 aromatic rings. The molecule has 1 aromatic heterocycles. The number of carbonyl (C=O) groups excluding carboxylic acids is 2. The summed E-state index contributed by atoms with van der Waals surface area (Å²) in [4.78, 5) is 28.4. The number of halogens is 3. The number of hydrogen-bond acceptors (Lipinski definition) is 4. The number of aromatic nitrogens is 1. The Labute approximate surface area is 179 Å². The van der Waals surface area contributed by atoms with Gasteiger partial charge in [-0.25, -0.2) is 9.78 Å². The molecule has 1 heterocycles. The Morgan fingerprint density at radius 2 is 1.68 bits per heavy atom. The van der Waals surface area contributed by atoms with Gasteiger partial charge in [0.05, 0.1) is 32.0 Å². The molecule has 0 aliphatic rings. The smallest absolute Gasteiger partial charge is 0.326 e. The second-order valence-electron chi connectivity index (χ2n) is 5.42. The fraction of sp³-hybridized carbons (Fsp3) is 0. The number of benzene rings is 2. The maximum atomic E-state index is 12.2. The number of amides is 3. The Morgan fingerprint density at radius 1 is 0.964 bits per heavy atom. The first kappa shape index (κ1) is 20.1. The Kier molecular flexibility index (Phi) is 6.51. The zero-order chi connectivity index (χ0) is 20.1. The number of ether oxygens (including phenoxy) is 1. The monoisotopic (exact) mass is 479 g/mol. The zero-order valence-electron chi connectivity index (χ0n) is 14.1. The number of para-hydroxylation sites is 1. The molecule has 0 saturated heterocycles. The number of hydrogen-bond donors (Lipinski definition) is 2. The highest BCUT2D eigenvalue weighted by atomic mass is 79.9. The molecule has 9 heteroatoms. The Bertz CT molecular complexity index is 1010. The van der Waals surface area contributed by atoms with Gasteiger partial charge >= 0.3 is 6.03 Å². The molecule has 0 bridgehead atoms. The summed E-state index contributed by atoms with van der Waals surface area (Å²) >= 11 is 15.3. The fourth-order valence-corrected chi connectivity index (χ4v) is 3.13. The topological polar surface area (TPSA) is 80.3 Å². The van der Waals surface area contributed by atoms with E-state index in [1.807, 2.05) is 18.2 Å². The predicted molar refractivity (Wildman–Crippen MR) is 111 cm³/mol. The standard InChI is InChI=1S/C19H12BrCl2N3O3/c20-12-4-1-2-7-15(12)28-16-9-8-11(10-23-16)24-19(27)25-18(26)17-13(21)5-3-6-14(17)22/h1-10H,(H2,24,25,26,27). The average Bonchev–Trinajstić information content (AvgIpc) is 2.65. The van der Waals surface area contributed by atoms with Gasteiger partial charge in [0.1, 0.15) is 5.75 Å². The van der Waals surface area contributed by atoms with Crippen LogP contribution in [0.1, 0.15) is 10.4 Å². The summed E-state index contributed by atoms with van der Waals surface area (Å²) in [6.07, 6.45) is 1.40. The van der Waals surface area contributed by atoms with Crippen molar-refractivity contribution in [3.05, 3.63) is 80.9 Å². The summed E-state index contributed by atoms with van der Waals surface area (Å²) in [6, 6.07) is 14.4. The molecule has 0 atom stereocenters. The van der Waals surface area contributed by atoms with Gasteiger partial charge in [-0.15, -0.1) is 0 Å². The number of anilines is 1. The molecular weight excluding hydrogens is 469 g/mol. The maximum absolute atomic E-state index is 12.2. The van der Waals surface area contributed by atoms with Crippen molar-refractivity contribution in [2.45, 2.75) is 0 Å². The van der Waals surface area contributed by atoms with Gasteiger partial charge in [-0.05, 0) is 46.3 Å².